The third-order valence-electron chi connectivity index (χ3n) is 7.45. The molecule has 3 aliphatic rings. The summed E-state index contributed by atoms with van der Waals surface area (Å²) in [5, 5.41) is 6.55. The summed E-state index contributed by atoms with van der Waals surface area (Å²) in [7, 11) is 0. The molecule has 3 heterocycles. The first-order valence-electron chi connectivity index (χ1n) is 12.2. The predicted molar refractivity (Wildman–Crippen MR) is 127 cm³/mol. The second-order valence-corrected chi connectivity index (χ2v) is 9.80. The zero-order chi connectivity index (χ0) is 22.7. The Balaban J connectivity index is 1.34. The highest BCUT2D eigenvalue weighted by Gasteiger charge is 2.42. The summed E-state index contributed by atoms with van der Waals surface area (Å²) in [6.07, 6.45) is 4.48. The highest BCUT2D eigenvalue weighted by Crippen LogP contribution is 2.37. The summed E-state index contributed by atoms with van der Waals surface area (Å²) < 4.78 is 6.12. The number of benzene rings is 2. The van der Waals surface area contributed by atoms with Crippen molar-refractivity contribution in [2.24, 2.45) is 11.3 Å². The molecule has 1 spiro atoms. The van der Waals surface area contributed by atoms with Gasteiger partial charge in [-0.3, -0.25) is 9.59 Å². The van der Waals surface area contributed by atoms with Crippen LogP contribution in [0, 0.1) is 11.3 Å². The van der Waals surface area contributed by atoms with Crippen molar-refractivity contribution in [1.82, 2.24) is 15.5 Å². The molecule has 6 nitrogen and oxygen atoms in total. The molecule has 5 rings (SSSR count). The van der Waals surface area contributed by atoms with Gasteiger partial charge in [-0.25, -0.2) is 0 Å². The number of amides is 2. The van der Waals surface area contributed by atoms with Crippen LogP contribution in [0.5, 0.6) is 11.5 Å². The minimum Gasteiger partial charge on any atom is -0.457 e. The number of ether oxygens (including phenoxy) is 1. The van der Waals surface area contributed by atoms with E-state index in [4.69, 9.17) is 4.74 Å². The lowest BCUT2D eigenvalue weighted by Crippen LogP contribution is -2.51. The zero-order valence-corrected chi connectivity index (χ0v) is 19.1. The van der Waals surface area contributed by atoms with Gasteiger partial charge in [0.2, 0.25) is 11.8 Å². The topological polar surface area (TPSA) is 70.7 Å². The van der Waals surface area contributed by atoms with Gasteiger partial charge in [-0.05, 0) is 86.5 Å². The van der Waals surface area contributed by atoms with Crippen molar-refractivity contribution in [3.63, 3.8) is 0 Å². The number of carbonyl (C=O) groups excluding carboxylic acids is 2. The van der Waals surface area contributed by atoms with Crippen LogP contribution < -0.4 is 15.4 Å². The lowest BCUT2D eigenvalue weighted by Gasteiger charge is -2.41. The molecule has 2 fully saturated rings. The molecule has 4 bridgehead atoms. The highest BCUT2D eigenvalue weighted by atomic mass is 16.5. The summed E-state index contributed by atoms with van der Waals surface area (Å²) in [6, 6.07) is 16.1. The van der Waals surface area contributed by atoms with Crippen LogP contribution in [0.15, 0.2) is 48.5 Å². The predicted octanol–water partition coefficient (Wildman–Crippen LogP) is 3.30. The van der Waals surface area contributed by atoms with Crippen molar-refractivity contribution in [3.05, 3.63) is 59.7 Å². The Morgan fingerprint density at radius 2 is 1.76 bits per heavy atom. The number of likely N-dealkylation sites (tertiary alicyclic amines) is 1. The third-order valence-corrected chi connectivity index (χ3v) is 7.45. The minimum absolute atomic E-state index is 0.108. The number of rotatable bonds is 2. The van der Waals surface area contributed by atoms with Gasteiger partial charge in [0.1, 0.15) is 11.5 Å². The van der Waals surface area contributed by atoms with Gasteiger partial charge < -0.3 is 20.3 Å². The van der Waals surface area contributed by atoms with Gasteiger partial charge in [-0.2, -0.15) is 0 Å². The zero-order valence-electron chi connectivity index (χ0n) is 19.1. The van der Waals surface area contributed by atoms with Crippen molar-refractivity contribution in [1.29, 1.82) is 0 Å². The maximum absolute atomic E-state index is 13.5. The van der Waals surface area contributed by atoms with Crippen LogP contribution in [0.4, 0.5) is 0 Å². The number of hydrogen-bond acceptors (Lipinski definition) is 4. The smallest absolute Gasteiger partial charge is 0.226 e. The van der Waals surface area contributed by atoms with Crippen LogP contribution >= 0.6 is 0 Å². The number of hydrogen-bond donors (Lipinski definition) is 2. The number of piperidine rings is 1. The van der Waals surface area contributed by atoms with Crippen LogP contribution in [0.25, 0.3) is 0 Å². The second-order valence-electron chi connectivity index (χ2n) is 9.80. The van der Waals surface area contributed by atoms with Gasteiger partial charge in [0.25, 0.3) is 0 Å². The van der Waals surface area contributed by atoms with E-state index in [0.29, 0.717) is 51.2 Å². The SMILES string of the molecule is O=C(CC1CCNC1)N1CCC2(CC1)Cc1cccc(c1)Oc1cccc(c1)CCNC2=O. The van der Waals surface area contributed by atoms with Crippen molar-refractivity contribution in [2.75, 3.05) is 32.7 Å². The van der Waals surface area contributed by atoms with Gasteiger partial charge in [-0.1, -0.05) is 24.3 Å². The third kappa shape index (κ3) is 5.06. The molecule has 0 saturated carbocycles. The van der Waals surface area contributed by atoms with Crippen molar-refractivity contribution < 1.29 is 14.3 Å². The first-order valence-corrected chi connectivity index (χ1v) is 12.2. The molecule has 0 aromatic heterocycles. The first-order chi connectivity index (χ1) is 16.1. The molecule has 2 amide bonds. The second kappa shape index (κ2) is 9.56. The minimum atomic E-state index is -0.503. The van der Waals surface area contributed by atoms with E-state index in [2.05, 4.69) is 22.8 Å². The van der Waals surface area contributed by atoms with E-state index in [1.807, 2.05) is 41.3 Å². The van der Waals surface area contributed by atoms with E-state index in [0.717, 1.165) is 48.6 Å². The molecule has 2 aromatic rings. The van der Waals surface area contributed by atoms with E-state index in [9.17, 15) is 9.59 Å². The molecular formula is C27H33N3O3. The Labute approximate surface area is 195 Å². The maximum Gasteiger partial charge on any atom is 0.226 e. The molecule has 174 valence electrons. The van der Waals surface area contributed by atoms with E-state index < -0.39 is 5.41 Å². The highest BCUT2D eigenvalue weighted by molar-refractivity contribution is 5.84. The van der Waals surface area contributed by atoms with E-state index in [1.54, 1.807) is 0 Å². The fraction of sp³-hybridized carbons (Fsp3) is 0.481. The molecule has 1 atom stereocenters. The average Bonchev–Trinajstić information content (AvgIpc) is 3.32. The molecule has 6 heteroatoms. The molecule has 3 aliphatic heterocycles. The fourth-order valence-electron chi connectivity index (χ4n) is 5.45. The van der Waals surface area contributed by atoms with Gasteiger partial charge in [-0.15, -0.1) is 0 Å². The number of nitrogens with one attached hydrogen (secondary N) is 2. The maximum atomic E-state index is 13.5. The van der Waals surface area contributed by atoms with Crippen LogP contribution in [-0.4, -0.2) is 49.4 Å². The number of nitrogens with zero attached hydrogens (tertiary/aromatic N) is 1. The summed E-state index contributed by atoms with van der Waals surface area (Å²) in [5.41, 5.74) is 1.73. The standard InChI is InChI=1S/C27H33N3O3/c31-25(17-22-7-11-28-19-22)30-13-9-27(10-14-30)18-21-4-2-6-24(16-21)33-23-5-1-3-20(15-23)8-12-29-26(27)32/h1-6,15-16,22,28H,7-14,17-19H2,(H,29,32). The Kier molecular flexibility index (Phi) is 6.36. The van der Waals surface area contributed by atoms with Gasteiger partial charge in [0.15, 0.2) is 0 Å². The van der Waals surface area contributed by atoms with Gasteiger partial charge >= 0.3 is 0 Å². The Hall–Kier alpha value is -2.86. The van der Waals surface area contributed by atoms with Gasteiger partial charge in [0, 0.05) is 26.1 Å². The molecule has 1 unspecified atom stereocenters. The van der Waals surface area contributed by atoms with E-state index in [-0.39, 0.29) is 11.8 Å². The van der Waals surface area contributed by atoms with Crippen LogP contribution in [0.3, 0.4) is 0 Å². The summed E-state index contributed by atoms with van der Waals surface area (Å²) in [6.45, 7) is 3.83. The van der Waals surface area contributed by atoms with Crippen LogP contribution in [-0.2, 0) is 22.4 Å². The Bertz CT molecular complexity index is 1010. The quantitative estimate of drug-likeness (QED) is 0.741. The summed E-state index contributed by atoms with van der Waals surface area (Å²) in [4.78, 5) is 28.4. The molecule has 2 N–H and O–H groups in total. The molecule has 0 aliphatic carbocycles. The summed E-state index contributed by atoms with van der Waals surface area (Å²) >= 11 is 0. The fourth-order valence-corrected chi connectivity index (χ4v) is 5.45. The number of fused-ring (bicyclic) bond motifs is 4. The van der Waals surface area contributed by atoms with Gasteiger partial charge in [0.05, 0.1) is 5.41 Å². The lowest BCUT2D eigenvalue weighted by molar-refractivity contribution is -0.141. The lowest BCUT2D eigenvalue weighted by atomic mass is 9.72. The monoisotopic (exact) mass is 447 g/mol. The van der Waals surface area contributed by atoms with Crippen molar-refractivity contribution >= 4 is 11.8 Å². The van der Waals surface area contributed by atoms with E-state index >= 15 is 0 Å². The number of carbonyl (C=O) groups is 2. The molecular weight excluding hydrogens is 414 g/mol. The van der Waals surface area contributed by atoms with Crippen molar-refractivity contribution in [3.8, 4) is 11.5 Å². The van der Waals surface area contributed by atoms with Crippen LogP contribution in [0.2, 0.25) is 0 Å². The Morgan fingerprint density at radius 1 is 1.03 bits per heavy atom. The molecule has 33 heavy (non-hydrogen) atoms. The van der Waals surface area contributed by atoms with Crippen molar-refractivity contribution in [2.45, 2.75) is 38.5 Å². The first kappa shape index (κ1) is 22.0. The van der Waals surface area contributed by atoms with Crippen LogP contribution in [0.1, 0.15) is 36.8 Å². The van der Waals surface area contributed by atoms with E-state index in [1.165, 1.54) is 0 Å². The summed E-state index contributed by atoms with van der Waals surface area (Å²) in [5.74, 6) is 2.39. The molecule has 2 saturated heterocycles. The average molecular weight is 448 g/mol. The largest absolute Gasteiger partial charge is 0.457 e. The Morgan fingerprint density at radius 3 is 2.48 bits per heavy atom. The molecule has 0 radical (unpaired) electrons. The normalized spacial score (nSPS) is 22.5. The molecule has 2 aromatic carbocycles.